The van der Waals surface area contributed by atoms with Crippen molar-refractivity contribution in [1.29, 1.82) is 0 Å². The van der Waals surface area contributed by atoms with Crippen molar-refractivity contribution < 1.29 is 18.4 Å². The Balaban J connectivity index is 0.000000405. The van der Waals surface area contributed by atoms with Crippen LogP contribution in [0.3, 0.4) is 0 Å². The second-order valence-electron chi connectivity index (χ2n) is 8.92. The number of hydrogen-bond acceptors (Lipinski definition) is 2. The van der Waals surface area contributed by atoms with Crippen molar-refractivity contribution in [3.63, 3.8) is 0 Å². The second kappa shape index (κ2) is 11.7. The number of alkyl halides is 1. The highest BCUT2D eigenvalue weighted by Crippen LogP contribution is 2.44. The zero-order valence-electron chi connectivity index (χ0n) is 19.7. The van der Waals surface area contributed by atoms with Gasteiger partial charge in [0.25, 0.3) is 5.91 Å². The number of allylic oxidation sites excluding steroid dienone is 1. The van der Waals surface area contributed by atoms with E-state index in [-0.39, 0.29) is 11.7 Å². The molecule has 0 bridgehead atoms. The zero-order chi connectivity index (χ0) is 24.5. The zero-order valence-corrected chi connectivity index (χ0v) is 19.7. The van der Waals surface area contributed by atoms with Crippen LogP contribution in [0.15, 0.2) is 61.2 Å². The Morgan fingerprint density at radius 3 is 2.42 bits per heavy atom. The van der Waals surface area contributed by atoms with E-state index in [0.29, 0.717) is 44.2 Å². The highest BCUT2D eigenvalue weighted by molar-refractivity contribution is 5.94. The van der Waals surface area contributed by atoms with E-state index >= 15 is 0 Å². The van der Waals surface area contributed by atoms with E-state index in [1.807, 2.05) is 32.0 Å². The molecular formula is C27H34F2N2O2. The molecule has 33 heavy (non-hydrogen) atoms. The van der Waals surface area contributed by atoms with Crippen molar-refractivity contribution in [2.24, 2.45) is 0 Å². The van der Waals surface area contributed by atoms with E-state index in [1.54, 1.807) is 31.3 Å². The number of carbonyl (C=O) groups is 2. The van der Waals surface area contributed by atoms with Crippen LogP contribution in [0.4, 0.5) is 8.78 Å². The summed E-state index contributed by atoms with van der Waals surface area (Å²) in [4.78, 5) is 24.8. The van der Waals surface area contributed by atoms with Gasteiger partial charge >= 0.3 is 0 Å². The molecule has 2 unspecified atom stereocenters. The standard InChI is InChI=1S/C20H27FN2O2.C7H7F/c1-4-10-19(21)11-12-20(5-2,14-19)22-18(25)17-8-6-16(7-9-17)13-23(3)15-24;1-6-3-2-4-7(8)5-6/h4,6-9,15H,1,5,10-14H2,2-3H3,(H,22,25);2-5H,1H3. The third-order valence-corrected chi connectivity index (χ3v) is 6.08. The summed E-state index contributed by atoms with van der Waals surface area (Å²) in [6, 6.07) is 13.7. The van der Waals surface area contributed by atoms with Crippen molar-refractivity contribution in [2.75, 3.05) is 7.05 Å². The molecule has 2 aromatic carbocycles. The largest absolute Gasteiger partial charge is 0.346 e. The number of benzene rings is 2. The molecule has 4 nitrogen and oxygen atoms in total. The second-order valence-corrected chi connectivity index (χ2v) is 8.92. The van der Waals surface area contributed by atoms with Gasteiger partial charge in [0.2, 0.25) is 6.41 Å². The van der Waals surface area contributed by atoms with Gasteiger partial charge in [0.1, 0.15) is 11.5 Å². The minimum atomic E-state index is -1.27. The average Bonchev–Trinajstić information content (AvgIpc) is 3.11. The van der Waals surface area contributed by atoms with Gasteiger partial charge in [-0.1, -0.05) is 37.3 Å². The third kappa shape index (κ3) is 7.81. The number of amides is 2. The minimum Gasteiger partial charge on any atom is -0.346 e. The number of carbonyl (C=O) groups excluding carboxylic acids is 2. The maximum atomic E-state index is 14.8. The molecule has 1 fully saturated rings. The van der Waals surface area contributed by atoms with Crippen LogP contribution in [0.5, 0.6) is 0 Å². The van der Waals surface area contributed by atoms with Crippen molar-refractivity contribution in [3.05, 3.63) is 83.7 Å². The Morgan fingerprint density at radius 1 is 1.21 bits per heavy atom. The quantitative estimate of drug-likeness (QED) is 0.406. The van der Waals surface area contributed by atoms with Gasteiger partial charge in [-0.3, -0.25) is 9.59 Å². The predicted octanol–water partition coefficient (Wildman–Crippen LogP) is 5.76. The monoisotopic (exact) mass is 456 g/mol. The van der Waals surface area contributed by atoms with Gasteiger partial charge in [-0.05, 0) is 68.0 Å². The van der Waals surface area contributed by atoms with Crippen molar-refractivity contribution in [1.82, 2.24) is 10.2 Å². The maximum absolute atomic E-state index is 14.8. The fourth-order valence-corrected chi connectivity index (χ4v) is 4.18. The Morgan fingerprint density at radius 2 is 1.91 bits per heavy atom. The molecular weight excluding hydrogens is 422 g/mol. The number of halogens is 2. The van der Waals surface area contributed by atoms with Gasteiger partial charge in [-0.15, -0.1) is 6.58 Å². The molecule has 0 radical (unpaired) electrons. The Labute approximate surface area is 195 Å². The van der Waals surface area contributed by atoms with Crippen LogP contribution < -0.4 is 5.32 Å². The summed E-state index contributed by atoms with van der Waals surface area (Å²) in [7, 11) is 1.70. The smallest absolute Gasteiger partial charge is 0.251 e. The highest BCUT2D eigenvalue weighted by atomic mass is 19.1. The summed E-state index contributed by atoms with van der Waals surface area (Å²) < 4.78 is 27.0. The van der Waals surface area contributed by atoms with E-state index in [2.05, 4.69) is 11.9 Å². The Bertz CT molecular complexity index is 930. The molecule has 178 valence electrons. The number of aryl methyl sites for hydroxylation is 1. The first-order valence-corrected chi connectivity index (χ1v) is 11.2. The van der Waals surface area contributed by atoms with Crippen molar-refractivity contribution in [2.45, 2.75) is 63.7 Å². The molecule has 0 aliphatic heterocycles. The molecule has 1 saturated carbocycles. The molecule has 6 heteroatoms. The molecule has 2 amide bonds. The van der Waals surface area contributed by atoms with Crippen molar-refractivity contribution in [3.8, 4) is 0 Å². The van der Waals surface area contributed by atoms with E-state index in [0.717, 1.165) is 17.5 Å². The summed E-state index contributed by atoms with van der Waals surface area (Å²) in [6.07, 6.45) is 4.82. The molecule has 1 aliphatic rings. The topological polar surface area (TPSA) is 49.4 Å². The normalized spacial score (nSPS) is 21.5. The fourth-order valence-electron chi connectivity index (χ4n) is 4.18. The number of nitrogens with one attached hydrogen (secondary N) is 1. The molecule has 3 rings (SSSR count). The van der Waals surface area contributed by atoms with Crippen LogP contribution in [0, 0.1) is 12.7 Å². The molecule has 0 saturated heterocycles. The van der Waals surface area contributed by atoms with E-state index in [1.165, 1.54) is 17.0 Å². The lowest BCUT2D eigenvalue weighted by molar-refractivity contribution is -0.117. The molecule has 2 aromatic rings. The Hall–Kier alpha value is -3.02. The third-order valence-electron chi connectivity index (χ3n) is 6.08. The maximum Gasteiger partial charge on any atom is 0.251 e. The van der Waals surface area contributed by atoms with Gasteiger partial charge < -0.3 is 10.2 Å². The van der Waals surface area contributed by atoms with E-state index in [9.17, 15) is 18.4 Å². The number of rotatable bonds is 8. The van der Waals surface area contributed by atoms with Gasteiger partial charge in [0, 0.05) is 31.1 Å². The van der Waals surface area contributed by atoms with E-state index in [4.69, 9.17) is 0 Å². The molecule has 1 N–H and O–H groups in total. The first kappa shape index (κ1) is 26.2. The molecule has 2 atom stereocenters. The van der Waals surface area contributed by atoms with Crippen LogP contribution in [0.2, 0.25) is 0 Å². The Kier molecular flexibility index (Phi) is 9.32. The van der Waals surface area contributed by atoms with E-state index < -0.39 is 11.2 Å². The van der Waals surface area contributed by atoms with Gasteiger partial charge in [0.15, 0.2) is 0 Å². The highest BCUT2D eigenvalue weighted by Gasteiger charge is 2.47. The first-order valence-electron chi connectivity index (χ1n) is 11.2. The SMILES string of the molecule is C=CCC1(F)CCC(CC)(NC(=O)c2ccc(CN(C)C=O)cc2)C1.Cc1cccc(F)c1. The average molecular weight is 457 g/mol. The fraction of sp³-hybridized carbons (Fsp3) is 0.407. The van der Waals surface area contributed by atoms with Gasteiger partial charge in [-0.25, -0.2) is 8.78 Å². The van der Waals surface area contributed by atoms with Gasteiger partial charge in [-0.2, -0.15) is 0 Å². The van der Waals surface area contributed by atoms with Crippen LogP contribution in [0.1, 0.15) is 60.5 Å². The molecule has 0 heterocycles. The lowest BCUT2D eigenvalue weighted by Gasteiger charge is -2.30. The number of nitrogens with zero attached hydrogens (tertiary/aromatic N) is 1. The van der Waals surface area contributed by atoms with Gasteiger partial charge in [0.05, 0.1) is 0 Å². The summed E-state index contributed by atoms with van der Waals surface area (Å²) in [5.74, 6) is -0.343. The minimum absolute atomic E-state index is 0.162. The van der Waals surface area contributed by atoms with Crippen molar-refractivity contribution >= 4 is 12.3 Å². The molecule has 0 spiro atoms. The van der Waals surface area contributed by atoms with Crippen LogP contribution in [-0.2, 0) is 11.3 Å². The van der Waals surface area contributed by atoms with Crippen LogP contribution in [0.25, 0.3) is 0 Å². The van der Waals surface area contributed by atoms with Crippen LogP contribution in [-0.4, -0.2) is 35.5 Å². The van der Waals surface area contributed by atoms with Crippen LogP contribution >= 0.6 is 0 Å². The molecule has 0 aromatic heterocycles. The number of hydrogen-bond donors (Lipinski definition) is 1. The predicted molar refractivity (Wildman–Crippen MR) is 128 cm³/mol. The first-order chi connectivity index (χ1) is 15.6. The lowest BCUT2D eigenvalue weighted by atomic mass is 9.90. The summed E-state index contributed by atoms with van der Waals surface area (Å²) in [5, 5.41) is 3.06. The molecule has 1 aliphatic carbocycles. The summed E-state index contributed by atoms with van der Waals surface area (Å²) in [5.41, 5.74) is 0.695. The lowest BCUT2D eigenvalue weighted by Crippen LogP contribution is -2.47. The summed E-state index contributed by atoms with van der Waals surface area (Å²) >= 11 is 0. The summed E-state index contributed by atoms with van der Waals surface area (Å²) in [6.45, 7) is 7.98.